The molecule has 0 fully saturated rings. The molecule has 0 aliphatic carbocycles. The lowest BCUT2D eigenvalue weighted by Gasteiger charge is -2.27. The molecule has 0 amide bonds. The van der Waals surface area contributed by atoms with Gasteiger partial charge in [0.1, 0.15) is 0 Å². The minimum absolute atomic E-state index is 0.105. The molecule has 170 valence electrons. The van der Waals surface area contributed by atoms with Crippen LogP contribution in [0.2, 0.25) is 0 Å². The third-order valence-corrected chi connectivity index (χ3v) is 8.45. The second-order valence-electron chi connectivity index (χ2n) is 13.1. The van der Waals surface area contributed by atoms with Crippen molar-refractivity contribution in [2.75, 3.05) is 0 Å². The van der Waals surface area contributed by atoms with Gasteiger partial charge in [0.25, 0.3) is 0 Å². The molecule has 0 atom stereocenters. The molecule has 0 saturated heterocycles. The van der Waals surface area contributed by atoms with E-state index in [9.17, 15) is 0 Å². The molecule has 0 aromatic heterocycles. The Balaban J connectivity index is 2.83. The molecule has 0 aliphatic rings. The standard InChI is InChI=1S/C30H46P/c1-14-31(25-17-15-21(27(2,3)4)19-23(25)29(8,9)10)26-18-16-22(28(5,6)7)20-24(26)30(11,12)13/h14-20H,1-13H3/q+1. The predicted octanol–water partition coefficient (Wildman–Crippen LogP) is 8.13. The lowest BCUT2D eigenvalue weighted by Crippen LogP contribution is -2.29. The maximum absolute atomic E-state index is 2.48. The Bertz CT molecular complexity index is 884. The Morgan fingerprint density at radius 1 is 0.516 bits per heavy atom. The topological polar surface area (TPSA) is 0 Å². The monoisotopic (exact) mass is 437 g/mol. The van der Waals surface area contributed by atoms with Crippen LogP contribution in [0.5, 0.6) is 0 Å². The molecule has 2 rings (SSSR count). The van der Waals surface area contributed by atoms with Crippen LogP contribution in [0.15, 0.2) is 36.4 Å². The highest BCUT2D eigenvalue weighted by atomic mass is 31.1. The highest BCUT2D eigenvalue weighted by Gasteiger charge is 2.33. The molecule has 0 aliphatic heterocycles. The van der Waals surface area contributed by atoms with Crippen molar-refractivity contribution < 1.29 is 0 Å². The van der Waals surface area contributed by atoms with E-state index in [1.54, 1.807) is 0 Å². The van der Waals surface area contributed by atoms with Crippen LogP contribution in [0.3, 0.4) is 0 Å². The number of rotatable bonds is 2. The Morgan fingerprint density at radius 3 is 1.06 bits per heavy atom. The molecule has 0 heterocycles. The number of hydrogen-bond acceptors (Lipinski definition) is 0. The minimum atomic E-state index is -0.540. The molecule has 1 heteroatoms. The fourth-order valence-corrected chi connectivity index (χ4v) is 6.64. The van der Waals surface area contributed by atoms with Crippen molar-refractivity contribution in [1.82, 2.24) is 0 Å². The molecule has 2 aromatic rings. The normalized spacial score (nSPS) is 13.3. The Labute approximate surface area is 194 Å². The maximum Gasteiger partial charge on any atom is 0.166 e. The Morgan fingerprint density at radius 2 is 0.839 bits per heavy atom. The highest BCUT2D eigenvalue weighted by Crippen LogP contribution is 2.37. The van der Waals surface area contributed by atoms with Gasteiger partial charge in [0.2, 0.25) is 0 Å². The van der Waals surface area contributed by atoms with Gasteiger partial charge in [-0.3, -0.25) is 0 Å². The number of hydrogen-bond donors (Lipinski definition) is 0. The molecule has 0 N–H and O–H groups in total. The summed E-state index contributed by atoms with van der Waals surface area (Å²) in [5.74, 6) is 2.46. The molecule has 0 spiro atoms. The molecule has 31 heavy (non-hydrogen) atoms. The van der Waals surface area contributed by atoms with E-state index in [-0.39, 0.29) is 21.7 Å². The van der Waals surface area contributed by atoms with Crippen molar-refractivity contribution in [3.63, 3.8) is 0 Å². The SMILES string of the molecule is CC=[P+](c1ccc(C(C)(C)C)cc1C(C)(C)C)c1ccc(C(C)(C)C)cc1C(C)(C)C. The molecule has 0 radical (unpaired) electrons. The summed E-state index contributed by atoms with van der Waals surface area (Å²) in [6, 6.07) is 14.5. The summed E-state index contributed by atoms with van der Waals surface area (Å²) in [6.07, 6.45) is 0. The van der Waals surface area contributed by atoms with E-state index in [1.165, 1.54) is 32.9 Å². The summed E-state index contributed by atoms with van der Waals surface area (Å²) in [5, 5.41) is 3.01. The second kappa shape index (κ2) is 8.51. The van der Waals surface area contributed by atoms with Crippen LogP contribution in [-0.2, 0) is 21.7 Å². The van der Waals surface area contributed by atoms with E-state index in [0.717, 1.165) is 0 Å². The van der Waals surface area contributed by atoms with E-state index < -0.39 is 7.55 Å². The maximum atomic E-state index is 2.48. The fourth-order valence-electron chi connectivity index (χ4n) is 4.03. The van der Waals surface area contributed by atoms with Crippen molar-refractivity contribution in [2.45, 2.75) is 112 Å². The van der Waals surface area contributed by atoms with Gasteiger partial charge in [0, 0.05) is 11.1 Å². The number of benzene rings is 2. The molecular weight excluding hydrogens is 391 g/mol. The molecule has 0 nitrogen and oxygen atoms in total. The summed E-state index contributed by atoms with van der Waals surface area (Å²) in [6.45, 7) is 30.3. The first-order valence-electron chi connectivity index (χ1n) is 11.8. The van der Waals surface area contributed by atoms with Gasteiger partial charge in [0.15, 0.2) is 18.2 Å². The van der Waals surface area contributed by atoms with Gasteiger partial charge in [-0.05, 0) is 51.8 Å². The van der Waals surface area contributed by atoms with Crippen LogP contribution in [0, 0.1) is 0 Å². The molecular formula is C30H46P+. The van der Waals surface area contributed by atoms with E-state index in [0.29, 0.717) is 0 Å². The summed E-state index contributed by atoms with van der Waals surface area (Å²) in [4.78, 5) is 0. The summed E-state index contributed by atoms with van der Waals surface area (Å²) < 4.78 is 0. The Kier molecular flexibility index (Phi) is 7.10. The van der Waals surface area contributed by atoms with Crippen LogP contribution in [0.4, 0.5) is 0 Å². The molecule has 0 unspecified atom stereocenters. The largest absolute Gasteiger partial charge is 0.166 e. The van der Waals surface area contributed by atoms with Gasteiger partial charge in [-0.2, -0.15) is 0 Å². The first-order valence-corrected chi connectivity index (χ1v) is 13.2. The zero-order valence-corrected chi connectivity index (χ0v) is 23.4. The van der Waals surface area contributed by atoms with E-state index >= 15 is 0 Å². The van der Waals surface area contributed by atoms with Crippen LogP contribution in [-0.4, -0.2) is 5.80 Å². The zero-order valence-electron chi connectivity index (χ0n) is 22.5. The molecule has 2 aromatic carbocycles. The van der Waals surface area contributed by atoms with Crippen molar-refractivity contribution in [2.24, 2.45) is 0 Å². The van der Waals surface area contributed by atoms with Crippen molar-refractivity contribution in [3.8, 4) is 0 Å². The first-order chi connectivity index (χ1) is 13.9. The van der Waals surface area contributed by atoms with Crippen LogP contribution >= 0.6 is 7.55 Å². The Hall–Kier alpha value is -1.39. The van der Waals surface area contributed by atoms with Gasteiger partial charge in [-0.1, -0.05) is 107 Å². The zero-order chi connectivity index (χ0) is 24.0. The summed E-state index contributed by atoms with van der Waals surface area (Å²) in [7, 11) is -0.540. The van der Waals surface area contributed by atoms with Crippen LogP contribution < -0.4 is 10.6 Å². The van der Waals surface area contributed by atoms with Gasteiger partial charge >= 0.3 is 0 Å². The minimum Gasteiger partial charge on any atom is -0.0561 e. The highest BCUT2D eigenvalue weighted by molar-refractivity contribution is 7.72. The average molecular weight is 438 g/mol. The van der Waals surface area contributed by atoms with Crippen LogP contribution in [0.25, 0.3) is 0 Å². The van der Waals surface area contributed by atoms with Gasteiger partial charge in [-0.15, -0.1) is 0 Å². The van der Waals surface area contributed by atoms with E-state index in [2.05, 4.69) is 132 Å². The van der Waals surface area contributed by atoms with Gasteiger partial charge in [0.05, 0.1) is 5.80 Å². The quantitative estimate of drug-likeness (QED) is 0.416. The van der Waals surface area contributed by atoms with E-state index in [1.807, 2.05) is 0 Å². The fraction of sp³-hybridized carbons (Fsp3) is 0.567. The molecule has 0 bridgehead atoms. The third kappa shape index (κ3) is 5.90. The van der Waals surface area contributed by atoms with Crippen molar-refractivity contribution in [3.05, 3.63) is 58.7 Å². The summed E-state index contributed by atoms with van der Waals surface area (Å²) in [5.41, 5.74) is 6.34. The van der Waals surface area contributed by atoms with Gasteiger partial charge < -0.3 is 0 Å². The second-order valence-corrected chi connectivity index (χ2v) is 15.3. The van der Waals surface area contributed by atoms with E-state index in [4.69, 9.17) is 0 Å². The lowest BCUT2D eigenvalue weighted by atomic mass is 9.80. The molecule has 0 saturated carbocycles. The smallest absolute Gasteiger partial charge is 0.0561 e. The summed E-state index contributed by atoms with van der Waals surface area (Å²) >= 11 is 0. The third-order valence-electron chi connectivity index (χ3n) is 6.12. The average Bonchev–Trinajstić information content (AvgIpc) is 2.59. The van der Waals surface area contributed by atoms with Gasteiger partial charge in [-0.25, -0.2) is 0 Å². The predicted molar refractivity (Wildman–Crippen MR) is 146 cm³/mol. The van der Waals surface area contributed by atoms with Crippen LogP contribution in [0.1, 0.15) is 112 Å². The van der Waals surface area contributed by atoms with Crippen molar-refractivity contribution >= 4 is 24.0 Å². The lowest BCUT2D eigenvalue weighted by molar-refractivity contribution is 0.571. The first kappa shape index (κ1) is 25.9. The van der Waals surface area contributed by atoms with Crippen molar-refractivity contribution in [1.29, 1.82) is 0 Å².